The van der Waals surface area contributed by atoms with Gasteiger partial charge in [-0.25, -0.2) is 4.79 Å². The second-order valence-corrected chi connectivity index (χ2v) is 11.4. The van der Waals surface area contributed by atoms with Crippen LogP contribution < -0.4 is 26.8 Å². The lowest BCUT2D eigenvalue weighted by Gasteiger charge is -2.26. The van der Waals surface area contributed by atoms with Crippen LogP contribution in [0.3, 0.4) is 0 Å². The van der Waals surface area contributed by atoms with E-state index in [1.54, 1.807) is 20.8 Å². The highest BCUT2D eigenvalue weighted by atomic mass is 16.7. The molecular weight excluding hydrogens is 578 g/mol. The molecule has 44 heavy (non-hydrogen) atoms. The summed E-state index contributed by atoms with van der Waals surface area (Å²) in [4.78, 5) is 35.4. The van der Waals surface area contributed by atoms with Crippen LogP contribution in [0.25, 0.3) is 0 Å². The lowest BCUT2D eigenvalue weighted by molar-refractivity contribution is -0.184. The summed E-state index contributed by atoms with van der Waals surface area (Å²) >= 11 is 0. The molecule has 0 bridgehead atoms. The van der Waals surface area contributed by atoms with Crippen LogP contribution in [0.15, 0.2) is 9.59 Å². The predicted molar refractivity (Wildman–Crippen MR) is 165 cm³/mol. The normalized spacial score (nSPS) is 17.1. The second kappa shape index (κ2) is 22.2. The average Bonchev–Trinajstić information content (AvgIpc) is 2.97. The molecule has 2 rings (SSSR count). The molecule has 1 aliphatic heterocycles. The van der Waals surface area contributed by atoms with E-state index < -0.39 is 22.6 Å². The minimum absolute atomic E-state index is 0.308. The first-order chi connectivity index (χ1) is 21.2. The number of anilines is 2. The first-order valence-electron chi connectivity index (χ1n) is 15.7. The molecule has 2 unspecified atom stereocenters. The Hall–Kier alpha value is -2.33. The van der Waals surface area contributed by atoms with Gasteiger partial charge in [-0.1, -0.05) is 12.8 Å². The maximum atomic E-state index is 11.9. The Morgan fingerprint density at radius 3 is 1.91 bits per heavy atom. The van der Waals surface area contributed by atoms with Crippen molar-refractivity contribution in [2.45, 2.75) is 77.3 Å². The molecular formula is C30H53N3O11. The Bertz CT molecular complexity index is 979. The molecule has 0 radical (unpaired) electrons. The van der Waals surface area contributed by atoms with E-state index in [0.29, 0.717) is 110 Å². The van der Waals surface area contributed by atoms with Crippen molar-refractivity contribution in [3.05, 3.63) is 20.4 Å². The standard InChI is InChI=1S/C30H53N3O11/c1-30(2,3)44-29(37)33-11-15-39-17-19-41-21-20-40-18-16-38-14-10-32-26-25(27(35)28(26)36)31-9-6-4-5-7-12-42-24-22-23(34)8-13-43-24/h23-24,31-32,34H,4-22H2,1-3H3,(H,33,37). The van der Waals surface area contributed by atoms with Crippen LogP contribution in [-0.2, 0) is 33.2 Å². The van der Waals surface area contributed by atoms with Crippen LogP contribution >= 0.6 is 0 Å². The smallest absolute Gasteiger partial charge is 0.407 e. The van der Waals surface area contributed by atoms with E-state index in [2.05, 4.69) is 16.0 Å². The Morgan fingerprint density at radius 2 is 1.32 bits per heavy atom. The van der Waals surface area contributed by atoms with Gasteiger partial charge in [-0.15, -0.1) is 0 Å². The third-order valence-electron chi connectivity index (χ3n) is 6.39. The van der Waals surface area contributed by atoms with Gasteiger partial charge in [-0.2, -0.15) is 0 Å². The van der Waals surface area contributed by atoms with Gasteiger partial charge < -0.3 is 54.2 Å². The van der Waals surface area contributed by atoms with Gasteiger partial charge >= 0.3 is 6.09 Å². The first-order valence-corrected chi connectivity index (χ1v) is 15.7. The van der Waals surface area contributed by atoms with Crippen LogP contribution in [-0.4, -0.2) is 115 Å². The number of ether oxygens (including phenoxy) is 7. The molecule has 0 saturated carbocycles. The fourth-order valence-corrected chi connectivity index (χ4v) is 4.15. The van der Waals surface area contributed by atoms with Crippen molar-refractivity contribution in [3.63, 3.8) is 0 Å². The van der Waals surface area contributed by atoms with Crippen LogP contribution in [0.2, 0.25) is 0 Å². The molecule has 1 aromatic carbocycles. The number of carbonyl (C=O) groups is 1. The summed E-state index contributed by atoms with van der Waals surface area (Å²) in [6.45, 7) is 11.1. The van der Waals surface area contributed by atoms with E-state index in [4.69, 9.17) is 33.2 Å². The van der Waals surface area contributed by atoms with Crippen molar-refractivity contribution in [3.8, 4) is 0 Å². The SMILES string of the molecule is CC(C)(C)OC(=O)NCCOCCOCCOCCOCCNc1c(NCCCCCCOC2CC(O)CCO2)c(=O)c1=O. The summed E-state index contributed by atoms with van der Waals surface area (Å²) < 4.78 is 38.0. The molecule has 14 heteroatoms. The number of aliphatic hydroxyl groups is 1. The number of nitrogens with one attached hydrogen (secondary N) is 3. The number of amides is 1. The van der Waals surface area contributed by atoms with Crippen LogP contribution in [0, 0.1) is 0 Å². The van der Waals surface area contributed by atoms with Crippen LogP contribution in [0.1, 0.15) is 59.3 Å². The predicted octanol–water partition coefficient (Wildman–Crippen LogP) is 1.77. The van der Waals surface area contributed by atoms with Crippen molar-refractivity contribution >= 4 is 17.5 Å². The molecule has 2 atom stereocenters. The zero-order chi connectivity index (χ0) is 32.0. The van der Waals surface area contributed by atoms with E-state index in [0.717, 1.165) is 25.7 Å². The van der Waals surface area contributed by atoms with E-state index >= 15 is 0 Å². The molecule has 1 aliphatic rings. The lowest BCUT2D eigenvalue weighted by atomic mass is 10.1. The van der Waals surface area contributed by atoms with Crippen molar-refractivity contribution < 1.29 is 43.1 Å². The molecule has 0 aromatic heterocycles. The number of aliphatic hydroxyl groups excluding tert-OH is 1. The van der Waals surface area contributed by atoms with Gasteiger partial charge in [0, 0.05) is 32.7 Å². The van der Waals surface area contributed by atoms with Gasteiger partial charge in [0.05, 0.1) is 65.6 Å². The molecule has 1 heterocycles. The number of hydrogen-bond acceptors (Lipinski definition) is 13. The summed E-state index contributed by atoms with van der Waals surface area (Å²) in [6, 6.07) is 0. The topological polar surface area (TPSA) is 172 Å². The quantitative estimate of drug-likeness (QED) is 0.0910. The first kappa shape index (κ1) is 37.9. The molecule has 14 nitrogen and oxygen atoms in total. The third-order valence-corrected chi connectivity index (χ3v) is 6.39. The van der Waals surface area contributed by atoms with Crippen molar-refractivity contribution in [1.82, 2.24) is 5.32 Å². The monoisotopic (exact) mass is 631 g/mol. The maximum Gasteiger partial charge on any atom is 0.407 e. The fraction of sp³-hybridized carbons (Fsp3) is 0.833. The highest BCUT2D eigenvalue weighted by molar-refractivity contribution is 5.73. The zero-order valence-corrected chi connectivity index (χ0v) is 26.6. The fourth-order valence-electron chi connectivity index (χ4n) is 4.15. The molecule has 1 saturated heterocycles. The van der Waals surface area contributed by atoms with E-state index in [1.165, 1.54) is 0 Å². The third kappa shape index (κ3) is 17.2. The number of rotatable bonds is 25. The minimum atomic E-state index is -0.526. The Kier molecular flexibility index (Phi) is 19.1. The lowest BCUT2D eigenvalue weighted by Crippen LogP contribution is -2.38. The molecule has 0 spiro atoms. The largest absolute Gasteiger partial charge is 0.444 e. The summed E-state index contributed by atoms with van der Waals surface area (Å²) in [5, 5.41) is 18.3. The molecule has 1 aromatic rings. The zero-order valence-electron chi connectivity index (χ0n) is 26.6. The van der Waals surface area contributed by atoms with E-state index in [1.807, 2.05) is 0 Å². The maximum absolute atomic E-state index is 11.9. The minimum Gasteiger partial charge on any atom is -0.444 e. The molecule has 254 valence electrons. The molecule has 1 fully saturated rings. The average molecular weight is 632 g/mol. The summed E-state index contributed by atoms with van der Waals surface area (Å²) in [5.74, 6) is 0. The Labute approximate surface area is 260 Å². The molecule has 1 amide bonds. The Balaban J connectivity index is 1.35. The summed E-state index contributed by atoms with van der Waals surface area (Å²) in [7, 11) is 0. The van der Waals surface area contributed by atoms with Gasteiger partial charge in [-0.05, 0) is 40.0 Å². The second-order valence-electron chi connectivity index (χ2n) is 11.4. The van der Waals surface area contributed by atoms with E-state index in [9.17, 15) is 19.5 Å². The summed E-state index contributed by atoms with van der Waals surface area (Å²) in [6.07, 6.45) is 3.79. The number of unbranched alkanes of at least 4 members (excludes halogenated alkanes) is 3. The summed E-state index contributed by atoms with van der Waals surface area (Å²) in [5.41, 5.74) is -0.864. The highest BCUT2D eigenvalue weighted by Gasteiger charge is 2.21. The van der Waals surface area contributed by atoms with Gasteiger partial charge in [0.2, 0.25) is 0 Å². The van der Waals surface area contributed by atoms with Gasteiger partial charge in [-0.3, -0.25) is 9.59 Å². The molecule has 4 N–H and O–H groups in total. The Morgan fingerprint density at radius 1 is 0.773 bits per heavy atom. The number of carbonyl (C=O) groups excluding carboxylic acids is 1. The van der Waals surface area contributed by atoms with Crippen molar-refractivity contribution in [1.29, 1.82) is 0 Å². The van der Waals surface area contributed by atoms with Gasteiger partial charge in [0.15, 0.2) is 6.29 Å². The highest BCUT2D eigenvalue weighted by Crippen LogP contribution is 2.16. The van der Waals surface area contributed by atoms with Gasteiger partial charge in [0.1, 0.15) is 17.0 Å². The van der Waals surface area contributed by atoms with Crippen molar-refractivity contribution in [2.24, 2.45) is 0 Å². The van der Waals surface area contributed by atoms with E-state index in [-0.39, 0.29) is 12.4 Å². The van der Waals surface area contributed by atoms with Crippen LogP contribution in [0.5, 0.6) is 0 Å². The molecule has 0 aliphatic carbocycles. The number of hydrogen-bond donors (Lipinski definition) is 4. The van der Waals surface area contributed by atoms with Gasteiger partial charge in [0.25, 0.3) is 10.9 Å². The van der Waals surface area contributed by atoms with Crippen LogP contribution in [0.4, 0.5) is 16.2 Å². The number of alkyl carbamates (subject to hydrolysis) is 1. The van der Waals surface area contributed by atoms with Crippen molar-refractivity contribution in [2.75, 3.05) is 96.3 Å².